The first kappa shape index (κ1) is 22.6. The number of benzene rings is 1. The van der Waals surface area contributed by atoms with Crippen LogP contribution in [-0.2, 0) is 9.53 Å². The third-order valence-corrected chi connectivity index (χ3v) is 3.95. The van der Waals surface area contributed by atoms with Gasteiger partial charge in [0.25, 0.3) is 0 Å². The first-order chi connectivity index (χ1) is 15.5. The van der Waals surface area contributed by atoms with Crippen molar-refractivity contribution in [1.82, 2.24) is 15.0 Å². The highest BCUT2D eigenvalue weighted by molar-refractivity contribution is 5.99. The predicted molar refractivity (Wildman–Crippen MR) is 115 cm³/mol. The fourth-order valence-electron chi connectivity index (χ4n) is 2.43. The third kappa shape index (κ3) is 6.19. The second-order valence-electron chi connectivity index (χ2n) is 6.25. The molecule has 0 fully saturated rings. The molecule has 0 aliphatic carbocycles. The van der Waals surface area contributed by atoms with Gasteiger partial charge in [-0.05, 0) is 30.3 Å². The van der Waals surface area contributed by atoms with Gasteiger partial charge in [-0.3, -0.25) is 4.79 Å². The maximum absolute atomic E-state index is 14.2. The number of anilines is 5. The number of ether oxygens (including phenoxy) is 2. The van der Waals surface area contributed by atoms with E-state index in [4.69, 9.17) is 9.47 Å². The molecule has 0 aliphatic rings. The maximum atomic E-state index is 14.2. The van der Waals surface area contributed by atoms with Gasteiger partial charge in [-0.1, -0.05) is 6.58 Å². The zero-order valence-corrected chi connectivity index (χ0v) is 17.1. The predicted octanol–water partition coefficient (Wildman–Crippen LogP) is 3.79. The van der Waals surface area contributed by atoms with E-state index in [-0.39, 0.29) is 17.5 Å². The molecule has 0 atom stereocenters. The van der Waals surface area contributed by atoms with Crippen molar-refractivity contribution in [2.75, 3.05) is 36.3 Å². The molecule has 0 spiro atoms. The summed E-state index contributed by atoms with van der Waals surface area (Å²) in [5.74, 6) is -1.58. The Hall–Kier alpha value is -4.12. The lowest BCUT2D eigenvalue weighted by atomic mass is 10.2. The molecule has 0 aliphatic heterocycles. The van der Waals surface area contributed by atoms with Crippen LogP contribution in [0.15, 0.2) is 55.4 Å². The molecular weight excluding hydrogens is 422 g/mol. The van der Waals surface area contributed by atoms with Crippen molar-refractivity contribution in [2.45, 2.75) is 0 Å². The molecular formula is C21H20F2N6O3. The van der Waals surface area contributed by atoms with Gasteiger partial charge in [0, 0.05) is 18.9 Å². The van der Waals surface area contributed by atoms with Crippen LogP contribution in [0.5, 0.6) is 5.88 Å². The van der Waals surface area contributed by atoms with Crippen molar-refractivity contribution in [1.29, 1.82) is 0 Å². The first-order valence-corrected chi connectivity index (χ1v) is 9.36. The van der Waals surface area contributed by atoms with Crippen molar-refractivity contribution in [3.8, 4) is 5.88 Å². The number of carbonyl (C=O) groups excluding carboxylic acids is 1. The highest BCUT2D eigenvalue weighted by atomic mass is 19.1. The van der Waals surface area contributed by atoms with Gasteiger partial charge >= 0.3 is 0 Å². The quantitative estimate of drug-likeness (QED) is 0.321. The van der Waals surface area contributed by atoms with Gasteiger partial charge < -0.3 is 25.4 Å². The number of aromatic nitrogens is 3. The third-order valence-electron chi connectivity index (χ3n) is 3.95. The Balaban J connectivity index is 1.71. The Kier molecular flexibility index (Phi) is 7.60. The van der Waals surface area contributed by atoms with Crippen molar-refractivity contribution in [2.24, 2.45) is 0 Å². The number of carbonyl (C=O) groups is 1. The van der Waals surface area contributed by atoms with Crippen LogP contribution < -0.4 is 20.7 Å². The summed E-state index contributed by atoms with van der Waals surface area (Å²) in [6.07, 6.45) is 3.50. The van der Waals surface area contributed by atoms with E-state index in [9.17, 15) is 13.6 Å². The Labute approximate surface area is 182 Å². The lowest BCUT2D eigenvalue weighted by molar-refractivity contribution is -0.111. The zero-order valence-electron chi connectivity index (χ0n) is 17.1. The summed E-state index contributed by atoms with van der Waals surface area (Å²) in [7, 11) is 1.57. The summed E-state index contributed by atoms with van der Waals surface area (Å²) < 4.78 is 38.4. The van der Waals surface area contributed by atoms with Crippen LogP contribution in [0.4, 0.5) is 37.6 Å². The Bertz CT molecular complexity index is 1100. The first-order valence-electron chi connectivity index (χ1n) is 9.36. The van der Waals surface area contributed by atoms with Crippen LogP contribution in [0.3, 0.4) is 0 Å². The minimum Gasteiger partial charge on any atom is -0.475 e. The Morgan fingerprint density at radius 2 is 1.88 bits per heavy atom. The van der Waals surface area contributed by atoms with Crippen molar-refractivity contribution in [3.63, 3.8) is 0 Å². The fourth-order valence-corrected chi connectivity index (χ4v) is 2.43. The van der Waals surface area contributed by atoms with Crippen molar-refractivity contribution in [3.05, 3.63) is 67.0 Å². The maximum Gasteiger partial charge on any atom is 0.247 e. The minimum absolute atomic E-state index is 0.0911. The second-order valence-corrected chi connectivity index (χ2v) is 6.25. The van der Waals surface area contributed by atoms with Gasteiger partial charge in [0.05, 0.1) is 30.4 Å². The highest BCUT2D eigenvalue weighted by Gasteiger charge is 2.11. The van der Waals surface area contributed by atoms with Crippen LogP contribution in [0.25, 0.3) is 0 Å². The number of halogens is 2. The van der Waals surface area contributed by atoms with Crippen LogP contribution in [0.2, 0.25) is 0 Å². The molecule has 1 amide bonds. The number of pyridine rings is 1. The summed E-state index contributed by atoms with van der Waals surface area (Å²) in [4.78, 5) is 23.6. The average molecular weight is 442 g/mol. The monoisotopic (exact) mass is 442 g/mol. The van der Waals surface area contributed by atoms with E-state index in [1.54, 1.807) is 19.2 Å². The van der Waals surface area contributed by atoms with E-state index < -0.39 is 17.5 Å². The van der Waals surface area contributed by atoms with E-state index in [1.807, 2.05) is 0 Å². The van der Waals surface area contributed by atoms with Gasteiger partial charge in [0.1, 0.15) is 12.4 Å². The lowest BCUT2D eigenvalue weighted by Crippen LogP contribution is -2.09. The summed E-state index contributed by atoms with van der Waals surface area (Å²) in [5, 5.41) is 7.97. The largest absolute Gasteiger partial charge is 0.475 e. The number of methoxy groups -OCH3 is 1. The summed E-state index contributed by atoms with van der Waals surface area (Å²) in [6, 6.07) is 7.15. The molecule has 166 valence electrons. The highest BCUT2D eigenvalue weighted by Crippen LogP contribution is 2.24. The number of hydrogen-bond donors (Lipinski definition) is 3. The standard InChI is InChI=1S/C21H20F2N6O3/c1-3-18(30)28-17-10-13(4-6-15(17)22)26-20-16(23)12-25-21(29-20)27-14-5-7-19(24-11-14)32-9-8-31-2/h3-7,10-12H,1,8-9H2,2H3,(H,28,30)(H2,25,26,27,29). The zero-order chi connectivity index (χ0) is 22.9. The molecule has 0 saturated heterocycles. The molecule has 1 aromatic carbocycles. The van der Waals surface area contributed by atoms with Gasteiger partial charge in [0.15, 0.2) is 11.6 Å². The SMILES string of the molecule is C=CC(=O)Nc1cc(Nc2nc(Nc3ccc(OCCOC)nc3)ncc2F)ccc1F. The number of rotatable bonds is 10. The van der Waals surface area contributed by atoms with Crippen molar-refractivity contribution < 1.29 is 23.0 Å². The van der Waals surface area contributed by atoms with Crippen LogP contribution in [0.1, 0.15) is 0 Å². The number of hydrogen-bond acceptors (Lipinski definition) is 8. The molecule has 2 heterocycles. The van der Waals surface area contributed by atoms with Crippen molar-refractivity contribution >= 4 is 34.7 Å². The number of amides is 1. The van der Waals surface area contributed by atoms with E-state index in [1.165, 1.54) is 18.3 Å². The van der Waals surface area contributed by atoms with E-state index in [2.05, 4.69) is 37.5 Å². The van der Waals surface area contributed by atoms with Gasteiger partial charge in [-0.25, -0.2) is 18.7 Å². The molecule has 0 radical (unpaired) electrons. The van der Waals surface area contributed by atoms with Gasteiger partial charge in [-0.2, -0.15) is 4.98 Å². The normalized spacial score (nSPS) is 10.3. The Morgan fingerprint density at radius 1 is 1.06 bits per heavy atom. The van der Waals surface area contributed by atoms with Gasteiger partial charge in [-0.15, -0.1) is 0 Å². The fraction of sp³-hybridized carbons (Fsp3) is 0.143. The van der Waals surface area contributed by atoms with Gasteiger partial charge in [0.2, 0.25) is 17.7 Å². The Morgan fingerprint density at radius 3 is 2.59 bits per heavy atom. The van der Waals surface area contributed by atoms with Crippen LogP contribution in [-0.4, -0.2) is 41.2 Å². The van der Waals surface area contributed by atoms with E-state index in [0.717, 1.165) is 18.3 Å². The molecule has 32 heavy (non-hydrogen) atoms. The van der Waals surface area contributed by atoms with Crippen LogP contribution in [0, 0.1) is 11.6 Å². The molecule has 9 nitrogen and oxygen atoms in total. The average Bonchev–Trinajstić information content (AvgIpc) is 2.79. The number of nitrogens with zero attached hydrogens (tertiary/aromatic N) is 3. The summed E-state index contributed by atoms with van der Waals surface area (Å²) in [5.41, 5.74) is 0.762. The molecule has 0 unspecified atom stereocenters. The summed E-state index contributed by atoms with van der Waals surface area (Å²) >= 11 is 0. The molecule has 3 rings (SSSR count). The smallest absolute Gasteiger partial charge is 0.247 e. The van der Waals surface area contributed by atoms with E-state index in [0.29, 0.717) is 30.5 Å². The van der Waals surface area contributed by atoms with Crippen LogP contribution >= 0.6 is 0 Å². The molecule has 0 saturated carbocycles. The topological polar surface area (TPSA) is 110 Å². The molecule has 11 heteroatoms. The molecule has 3 N–H and O–H groups in total. The molecule has 0 bridgehead atoms. The number of nitrogens with one attached hydrogen (secondary N) is 3. The van der Waals surface area contributed by atoms with E-state index >= 15 is 0 Å². The second kappa shape index (κ2) is 10.8. The molecule has 2 aromatic heterocycles. The minimum atomic E-state index is -0.725. The molecule has 3 aromatic rings. The summed E-state index contributed by atoms with van der Waals surface area (Å²) in [6.45, 7) is 4.12. The lowest BCUT2D eigenvalue weighted by Gasteiger charge is -2.11.